The van der Waals surface area contributed by atoms with Crippen molar-refractivity contribution in [3.63, 3.8) is 0 Å². The summed E-state index contributed by atoms with van der Waals surface area (Å²) in [6.45, 7) is 3.81. The number of benzene rings is 1. The van der Waals surface area contributed by atoms with Gasteiger partial charge in [-0.2, -0.15) is 0 Å². The Balaban J connectivity index is 1.88. The van der Waals surface area contributed by atoms with Gasteiger partial charge in [0, 0.05) is 22.6 Å². The maximum absolute atomic E-state index is 13.3. The van der Waals surface area contributed by atoms with Gasteiger partial charge in [0.05, 0.1) is 13.0 Å². The molecule has 7 heteroatoms. The van der Waals surface area contributed by atoms with E-state index in [-0.39, 0.29) is 34.7 Å². The summed E-state index contributed by atoms with van der Waals surface area (Å²) in [4.78, 5) is 11.8. The van der Waals surface area contributed by atoms with Gasteiger partial charge in [0.15, 0.2) is 0 Å². The third kappa shape index (κ3) is 2.76. The molecule has 2 atom stereocenters. The average molecular weight is 345 g/mol. The molecule has 0 radical (unpaired) electrons. The maximum Gasteiger partial charge on any atom is 0.586 e. The Morgan fingerprint density at radius 3 is 2.65 bits per heavy atom. The second-order valence-electron chi connectivity index (χ2n) is 6.20. The van der Waals surface area contributed by atoms with E-state index in [2.05, 4.69) is 9.47 Å². The highest BCUT2D eigenvalue weighted by molar-refractivity contribution is 6.32. The maximum atomic E-state index is 13.3. The van der Waals surface area contributed by atoms with Gasteiger partial charge in [-0.1, -0.05) is 25.4 Å². The van der Waals surface area contributed by atoms with Crippen LogP contribution in [0.2, 0.25) is 0 Å². The minimum atomic E-state index is -3.71. The Morgan fingerprint density at radius 1 is 1.30 bits per heavy atom. The molecule has 0 saturated heterocycles. The van der Waals surface area contributed by atoms with E-state index in [4.69, 9.17) is 16.3 Å². The molecule has 1 saturated carbocycles. The first kappa shape index (κ1) is 16.1. The number of halogens is 3. The van der Waals surface area contributed by atoms with Crippen molar-refractivity contribution >= 4 is 23.6 Å². The number of methoxy groups -OCH3 is 1. The van der Waals surface area contributed by atoms with Crippen LogP contribution in [0.3, 0.4) is 0 Å². The second kappa shape index (κ2) is 5.09. The van der Waals surface area contributed by atoms with Crippen molar-refractivity contribution in [1.82, 2.24) is 0 Å². The summed E-state index contributed by atoms with van der Waals surface area (Å²) in [5.74, 6) is -0.908. The van der Waals surface area contributed by atoms with Crippen molar-refractivity contribution in [2.75, 3.05) is 7.11 Å². The summed E-state index contributed by atoms with van der Waals surface area (Å²) in [5, 5.41) is 0.396. The standard InChI is InChI=1S/C16H15ClF2O4/c1-15(2)12(13(15)14(20)21-3)10(17)6-8-4-5-9-7-11(8)23-16(18,19)22-9/h4-7,12-13H,1-3H3/b10-6-. The fraction of sp³-hybridized carbons (Fsp3) is 0.438. The number of carbonyl (C=O) groups is 1. The quantitative estimate of drug-likeness (QED) is 0.776. The second-order valence-corrected chi connectivity index (χ2v) is 6.63. The van der Waals surface area contributed by atoms with Crippen molar-refractivity contribution in [2.24, 2.45) is 17.3 Å². The van der Waals surface area contributed by atoms with Crippen LogP contribution in [0.15, 0.2) is 23.2 Å². The predicted octanol–water partition coefficient (Wildman–Crippen LogP) is 4.03. The van der Waals surface area contributed by atoms with Gasteiger partial charge in [-0.05, 0) is 23.6 Å². The zero-order valence-electron chi connectivity index (χ0n) is 12.7. The molecule has 2 bridgehead atoms. The third-order valence-corrected chi connectivity index (χ3v) is 4.67. The van der Waals surface area contributed by atoms with Crippen LogP contribution in [-0.4, -0.2) is 19.4 Å². The summed E-state index contributed by atoms with van der Waals surface area (Å²) in [6, 6.07) is 4.35. The minimum Gasteiger partial charge on any atom is -0.469 e. The highest BCUT2D eigenvalue weighted by atomic mass is 35.5. The van der Waals surface area contributed by atoms with E-state index in [1.54, 1.807) is 6.07 Å². The molecule has 1 aliphatic heterocycles. The van der Waals surface area contributed by atoms with Crippen molar-refractivity contribution in [2.45, 2.75) is 20.1 Å². The normalized spacial score (nSPS) is 26.8. The van der Waals surface area contributed by atoms with Gasteiger partial charge in [-0.15, -0.1) is 8.78 Å². The van der Waals surface area contributed by atoms with Gasteiger partial charge in [0.2, 0.25) is 0 Å². The van der Waals surface area contributed by atoms with Gasteiger partial charge in [-0.25, -0.2) is 0 Å². The Hall–Kier alpha value is -1.82. The molecular weight excluding hydrogens is 330 g/mol. The number of fused-ring (bicyclic) bond motifs is 2. The van der Waals surface area contributed by atoms with Crippen molar-refractivity contribution in [3.8, 4) is 11.5 Å². The van der Waals surface area contributed by atoms with Crippen LogP contribution in [-0.2, 0) is 9.53 Å². The molecule has 0 N–H and O–H groups in total. The Kier molecular flexibility index (Phi) is 3.55. The first-order valence-corrected chi connectivity index (χ1v) is 7.38. The van der Waals surface area contributed by atoms with E-state index in [1.165, 1.54) is 25.3 Å². The molecule has 1 aromatic rings. The predicted molar refractivity (Wildman–Crippen MR) is 79.3 cm³/mol. The molecule has 0 amide bonds. The van der Waals surface area contributed by atoms with Crippen molar-refractivity contribution < 1.29 is 27.8 Å². The molecule has 124 valence electrons. The molecule has 1 aliphatic carbocycles. The summed E-state index contributed by atoms with van der Waals surface area (Å²) < 4.78 is 40.2. The number of alkyl halides is 2. The molecule has 2 aliphatic rings. The number of hydrogen-bond acceptors (Lipinski definition) is 4. The van der Waals surface area contributed by atoms with Crippen LogP contribution < -0.4 is 9.47 Å². The summed E-state index contributed by atoms with van der Waals surface area (Å²) in [6.07, 6.45) is -2.17. The fourth-order valence-corrected chi connectivity index (χ4v) is 3.55. The largest absolute Gasteiger partial charge is 0.586 e. The lowest BCUT2D eigenvalue weighted by Gasteiger charge is -2.24. The number of hydrogen-bond donors (Lipinski definition) is 0. The number of allylic oxidation sites excluding steroid dienone is 1. The zero-order valence-corrected chi connectivity index (χ0v) is 13.5. The van der Waals surface area contributed by atoms with Crippen LogP contribution in [0, 0.1) is 17.3 Å². The lowest BCUT2D eigenvalue weighted by atomic mass is 10.1. The molecule has 1 aromatic carbocycles. The van der Waals surface area contributed by atoms with Gasteiger partial charge >= 0.3 is 12.3 Å². The molecule has 1 fully saturated rings. The number of rotatable bonds is 3. The monoisotopic (exact) mass is 344 g/mol. The molecule has 0 spiro atoms. The highest BCUT2D eigenvalue weighted by Gasteiger charge is 2.63. The highest BCUT2D eigenvalue weighted by Crippen LogP contribution is 2.63. The molecule has 3 rings (SSSR count). The number of carbonyl (C=O) groups excluding carboxylic acids is 1. The summed E-state index contributed by atoms with van der Waals surface area (Å²) in [5.41, 5.74) is 0.0548. The van der Waals surface area contributed by atoms with E-state index in [0.717, 1.165) is 0 Å². The lowest BCUT2D eigenvalue weighted by Crippen LogP contribution is -2.34. The third-order valence-electron chi connectivity index (χ3n) is 4.32. The molecule has 4 nitrogen and oxygen atoms in total. The minimum absolute atomic E-state index is 0.0173. The topological polar surface area (TPSA) is 44.8 Å². The number of ether oxygens (including phenoxy) is 3. The Morgan fingerprint density at radius 2 is 2.00 bits per heavy atom. The summed E-state index contributed by atoms with van der Waals surface area (Å²) in [7, 11) is 1.32. The number of esters is 1. The van der Waals surface area contributed by atoms with Crippen LogP contribution in [0.25, 0.3) is 6.08 Å². The molecular formula is C16H15ClF2O4. The van der Waals surface area contributed by atoms with Crippen LogP contribution in [0.4, 0.5) is 8.78 Å². The lowest BCUT2D eigenvalue weighted by molar-refractivity contribution is -0.313. The van der Waals surface area contributed by atoms with Crippen molar-refractivity contribution in [3.05, 3.63) is 28.8 Å². The van der Waals surface area contributed by atoms with E-state index < -0.39 is 6.29 Å². The van der Waals surface area contributed by atoms with E-state index in [0.29, 0.717) is 10.6 Å². The van der Waals surface area contributed by atoms with E-state index >= 15 is 0 Å². The van der Waals surface area contributed by atoms with Crippen molar-refractivity contribution in [1.29, 1.82) is 0 Å². The SMILES string of the molecule is COC(=O)C1C(/C(Cl)=C/c2ccc3cc2OC(F)(F)O3)C1(C)C. The van der Waals surface area contributed by atoms with Crippen LogP contribution >= 0.6 is 11.6 Å². The Labute approximate surface area is 137 Å². The van der Waals surface area contributed by atoms with Crippen LogP contribution in [0.1, 0.15) is 19.4 Å². The summed E-state index contributed by atoms with van der Waals surface area (Å²) >= 11 is 6.33. The zero-order chi connectivity index (χ0) is 17.0. The van der Waals surface area contributed by atoms with Gasteiger partial charge in [0.25, 0.3) is 0 Å². The molecule has 1 heterocycles. The fourth-order valence-electron chi connectivity index (χ4n) is 3.03. The smallest absolute Gasteiger partial charge is 0.469 e. The Bertz CT molecular complexity index is 699. The van der Waals surface area contributed by atoms with Gasteiger partial charge in [0.1, 0.15) is 11.5 Å². The first-order valence-electron chi connectivity index (χ1n) is 7.00. The van der Waals surface area contributed by atoms with Crippen LogP contribution in [0.5, 0.6) is 11.5 Å². The van der Waals surface area contributed by atoms with Gasteiger partial charge < -0.3 is 14.2 Å². The van der Waals surface area contributed by atoms with E-state index in [9.17, 15) is 13.6 Å². The average Bonchev–Trinajstić information content (AvgIpc) is 3.02. The molecule has 23 heavy (non-hydrogen) atoms. The van der Waals surface area contributed by atoms with E-state index in [1.807, 2.05) is 13.8 Å². The first-order chi connectivity index (χ1) is 10.7. The molecule has 2 unspecified atom stereocenters. The van der Waals surface area contributed by atoms with Gasteiger partial charge in [-0.3, -0.25) is 4.79 Å². The molecule has 0 aromatic heterocycles.